The fourth-order valence-electron chi connectivity index (χ4n) is 2.68. The molecule has 1 heterocycles. The monoisotopic (exact) mass is 442 g/mol. The molecule has 2 aromatic rings. The number of nitrogens with zero attached hydrogens (tertiary/aromatic N) is 1. The van der Waals surface area contributed by atoms with E-state index < -0.39 is 15.9 Å². The van der Waals surface area contributed by atoms with Gasteiger partial charge in [-0.25, -0.2) is 8.42 Å². The molecular formula is C17H16BrClN2O3S. The quantitative estimate of drug-likeness (QED) is 0.772. The molecule has 0 atom stereocenters. The second-order valence-electron chi connectivity index (χ2n) is 5.72. The normalized spacial score (nSPS) is 15.3. The first kappa shape index (κ1) is 18.4. The average molecular weight is 444 g/mol. The Morgan fingerprint density at radius 2 is 1.84 bits per heavy atom. The van der Waals surface area contributed by atoms with E-state index in [-0.39, 0.29) is 4.90 Å². The Bertz CT molecular complexity index is 912. The van der Waals surface area contributed by atoms with Crippen LogP contribution >= 0.6 is 27.5 Å². The first-order chi connectivity index (χ1) is 11.9. The highest BCUT2D eigenvalue weighted by molar-refractivity contribution is 9.10. The highest BCUT2D eigenvalue weighted by Crippen LogP contribution is 2.25. The number of amides is 1. The molecule has 1 fully saturated rings. The van der Waals surface area contributed by atoms with Crippen LogP contribution in [0, 0.1) is 0 Å². The number of halogens is 2. The van der Waals surface area contributed by atoms with Gasteiger partial charge in [-0.1, -0.05) is 33.6 Å². The standard InChI is InChI=1S/C17H16BrClN2O3S/c18-12-6-7-16(19)15(10-12)17(22)20-13-4-3-5-14(11-13)25(23,24)21-8-1-2-9-21/h3-7,10-11H,1-2,8-9H2,(H,20,22). The SMILES string of the molecule is O=C(Nc1cccc(S(=O)(=O)N2CCCC2)c1)c1cc(Br)ccc1Cl. The van der Waals surface area contributed by atoms with Gasteiger partial charge in [-0.3, -0.25) is 4.79 Å². The Hall–Kier alpha value is -1.41. The zero-order chi connectivity index (χ0) is 18.0. The third-order valence-corrected chi connectivity index (χ3v) is 6.69. The van der Waals surface area contributed by atoms with Gasteiger partial charge in [0.15, 0.2) is 0 Å². The van der Waals surface area contributed by atoms with Crippen LogP contribution in [-0.4, -0.2) is 31.7 Å². The summed E-state index contributed by atoms with van der Waals surface area (Å²) in [4.78, 5) is 12.6. The van der Waals surface area contributed by atoms with Gasteiger partial charge in [0.2, 0.25) is 10.0 Å². The summed E-state index contributed by atoms with van der Waals surface area (Å²) in [6, 6.07) is 11.2. The molecule has 1 saturated heterocycles. The van der Waals surface area contributed by atoms with E-state index >= 15 is 0 Å². The van der Waals surface area contributed by atoms with Gasteiger partial charge in [0.05, 0.1) is 15.5 Å². The van der Waals surface area contributed by atoms with E-state index in [4.69, 9.17) is 11.6 Å². The number of anilines is 1. The third kappa shape index (κ3) is 4.06. The highest BCUT2D eigenvalue weighted by atomic mass is 79.9. The van der Waals surface area contributed by atoms with E-state index in [0.717, 1.165) is 17.3 Å². The van der Waals surface area contributed by atoms with E-state index in [1.165, 1.54) is 16.4 Å². The number of nitrogens with one attached hydrogen (secondary N) is 1. The van der Waals surface area contributed by atoms with Gasteiger partial charge in [0, 0.05) is 23.2 Å². The van der Waals surface area contributed by atoms with E-state index in [0.29, 0.717) is 29.4 Å². The summed E-state index contributed by atoms with van der Waals surface area (Å²) in [6.45, 7) is 1.07. The summed E-state index contributed by atoms with van der Waals surface area (Å²) in [6.07, 6.45) is 1.74. The van der Waals surface area contributed by atoms with Crippen molar-refractivity contribution in [1.29, 1.82) is 0 Å². The molecule has 1 amide bonds. The Labute approximate surface area is 160 Å². The van der Waals surface area contributed by atoms with Gasteiger partial charge in [-0.05, 0) is 49.2 Å². The van der Waals surface area contributed by atoms with Gasteiger partial charge in [0.1, 0.15) is 0 Å². The van der Waals surface area contributed by atoms with Gasteiger partial charge >= 0.3 is 0 Å². The molecule has 0 saturated carbocycles. The molecule has 3 rings (SSSR count). The minimum Gasteiger partial charge on any atom is -0.322 e. The fourth-order valence-corrected chi connectivity index (χ4v) is 4.81. The molecule has 0 aliphatic carbocycles. The van der Waals surface area contributed by atoms with E-state index in [1.807, 2.05) is 0 Å². The van der Waals surface area contributed by atoms with Crippen molar-refractivity contribution in [2.75, 3.05) is 18.4 Å². The molecule has 0 unspecified atom stereocenters. The first-order valence-corrected chi connectivity index (χ1v) is 10.4. The number of hydrogen-bond acceptors (Lipinski definition) is 3. The predicted molar refractivity (Wildman–Crippen MR) is 102 cm³/mol. The smallest absolute Gasteiger partial charge is 0.257 e. The number of rotatable bonds is 4. The maximum absolute atomic E-state index is 12.6. The van der Waals surface area contributed by atoms with E-state index in [1.54, 1.807) is 30.3 Å². The fraction of sp³-hybridized carbons (Fsp3) is 0.235. The van der Waals surface area contributed by atoms with Crippen LogP contribution in [0.4, 0.5) is 5.69 Å². The van der Waals surface area contributed by atoms with Crippen LogP contribution < -0.4 is 5.32 Å². The summed E-state index contributed by atoms with van der Waals surface area (Å²) in [7, 11) is -3.53. The van der Waals surface area contributed by atoms with Crippen molar-refractivity contribution in [3.05, 3.63) is 57.5 Å². The van der Waals surface area contributed by atoms with Crippen LogP contribution in [0.3, 0.4) is 0 Å². The zero-order valence-corrected chi connectivity index (χ0v) is 16.4. The molecule has 1 aliphatic heterocycles. The minimum absolute atomic E-state index is 0.174. The lowest BCUT2D eigenvalue weighted by Crippen LogP contribution is -2.27. The largest absolute Gasteiger partial charge is 0.322 e. The molecular weight excluding hydrogens is 428 g/mol. The Morgan fingerprint density at radius 3 is 2.56 bits per heavy atom. The first-order valence-electron chi connectivity index (χ1n) is 7.74. The third-order valence-electron chi connectivity index (χ3n) is 3.97. The van der Waals surface area contributed by atoms with Crippen LogP contribution in [0.2, 0.25) is 5.02 Å². The summed E-state index contributed by atoms with van der Waals surface area (Å²) in [5.74, 6) is -0.401. The van der Waals surface area contributed by atoms with Crippen molar-refractivity contribution in [2.24, 2.45) is 0 Å². The second kappa shape index (κ2) is 7.45. The summed E-state index contributed by atoms with van der Waals surface area (Å²) < 4.78 is 27.5. The molecule has 25 heavy (non-hydrogen) atoms. The lowest BCUT2D eigenvalue weighted by atomic mass is 10.2. The minimum atomic E-state index is -3.53. The molecule has 0 aromatic heterocycles. The number of benzene rings is 2. The van der Waals surface area contributed by atoms with Gasteiger partial charge in [-0.2, -0.15) is 4.31 Å². The number of sulfonamides is 1. The summed E-state index contributed by atoms with van der Waals surface area (Å²) in [5, 5.41) is 3.02. The van der Waals surface area contributed by atoms with Crippen LogP contribution in [0.5, 0.6) is 0 Å². The van der Waals surface area contributed by atoms with Crippen molar-refractivity contribution in [3.63, 3.8) is 0 Å². The van der Waals surface area contributed by atoms with E-state index in [9.17, 15) is 13.2 Å². The van der Waals surface area contributed by atoms with Crippen molar-refractivity contribution in [2.45, 2.75) is 17.7 Å². The van der Waals surface area contributed by atoms with Crippen LogP contribution in [0.1, 0.15) is 23.2 Å². The molecule has 8 heteroatoms. The maximum Gasteiger partial charge on any atom is 0.257 e. The number of carbonyl (C=O) groups excluding carboxylic acids is 1. The molecule has 0 spiro atoms. The van der Waals surface area contributed by atoms with Gasteiger partial charge in [-0.15, -0.1) is 0 Å². The predicted octanol–water partition coefficient (Wildman–Crippen LogP) is 4.14. The van der Waals surface area contributed by atoms with Gasteiger partial charge < -0.3 is 5.32 Å². The molecule has 5 nitrogen and oxygen atoms in total. The molecule has 1 aliphatic rings. The van der Waals surface area contributed by atoms with Gasteiger partial charge in [0.25, 0.3) is 5.91 Å². The highest BCUT2D eigenvalue weighted by Gasteiger charge is 2.27. The Balaban J connectivity index is 1.84. The Kier molecular flexibility index (Phi) is 5.48. The maximum atomic E-state index is 12.6. The lowest BCUT2D eigenvalue weighted by molar-refractivity contribution is 0.102. The van der Waals surface area contributed by atoms with Crippen LogP contribution in [0.25, 0.3) is 0 Å². The van der Waals surface area contributed by atoms with Crippen molar-refractivity contribution in [1.82, 2.24) is 4.31 Å². The number of carbonyl (C=O) groups is 1. The Morgan fingerprint density at radius 1 is 1.12 bits per heavy atom. The van der Waals surface area contributed by atoms with Crippen molar-refractivity contribution in [3.8, 4) is 0 Å². The summed E-state index contributed by atoms with van der Waals surface area (Å²) in [5.41, 5.74) is 0.713. The van der Waals surface area contributed by atoms with Crippen LogP contribution in [0.15, 0.2) is 51.8 Å². The zero-order valence-electron chi connectivity index (χ0n) is 13.2. The van der Waals surface area contributed by atoms with Crippen molar-refractivity contribution >= 4 is 49.1 Å². The number of hydrogen-bond donors (Lipinski definition) is 1. The topological polar surface area (TPSA) is 66.5 Å². The molecule has 132 valence electrons. The lowest BCUT2D eigenvalue weighted by Gasteiger charge is -2.16. The second-order valence-corrected chi connectivity index (χ2v) is 8.98. The van der Waals surface area contributed by atoms with E-state index in [2.05, 4.69) is 21.2 Å². The summed E-state index contributed by atoms with van der Waals surface area (Å²) >= 11 is 9.36. The molecule has 0 bridgehead atoms. The average Bonchev–Trinajstić information content (AvgIpc) is 3.12. The molecule has 2 aromatic carbocycles. The van der Waals surface area contributed by atoms with Crippen molar-refractivity contribution < 1.29 is 13.2 Å². The molecule has 0 radical (unpaired) electrons. The van der Waals surface area contributed by atoms with Crippen LogP contribution in [-0.2, 0) is 10.0 Å². The molecule has 1 N–H and O–H groups in total.